The van der Waals surface area contributed by atoms with E-state index in [1.807, 2.05) is 18.3 Å². The van der Waals surface area contributed by atoms with E-state index in [0.717, 1.165) is 25.1 Å². The van der Waals surface area contributed by atoms with Crippen molar-refractivity contribution in [3.05, 3.63) is 30.1 Å². The maximum absolute atomic E-state index is 10.6. The number of hydrogen-bond acceptors (Lipinski definition) is 3. The van der Waals surface area contributed by atoms with Gasteiger partial charge in [0.25, 0.3) is 0 Å². The second-order valence-corrected chi connectivity index (χ2v) is 5.49. The van der Waals surface area contributed by atoms with E-state index in [1.165, 1.54) is 12.8 Å². The van der Waals surface area contributed by atoms with E-state index in [1.54, 1.807) is 6.20 Å². The number of pyridine rings is 1. The highest BCUT2D eigenvalue weighted by atomic mass is 16.3. The summed E-state index contributed by atoms with van der Waals surface area (Å²) in [5.74, 6) is 0. The van der Waals surface area contributed by atoms with Crippen LogP contribution in [-0.2, 0) is 6.42 Å². The lowest BCUT2D eigenvalue weighted by molar-refractivity contribution is -0.0117. The van der Waals surface area contributed by atoms with Crippen molar-refractivity contribution in [1.29, 1.82) is 0 Å². The largest absolute Gasteiger partial charge is 0.391 e. The fourth-order valence-electron chi connectivity index (χ4n) is 2.86. The fraction of sp³-hybridized carbons (Fsp3) is 0.667. The van der Waals surface area contributed by atoms with Gasteiger partial charge in [0, 0.05) is 24.4 Å². The lowest BCUT2D eigenvalue weighted by atomic mass is 9.86. The molecule has 1 aromatic heterocycles. The first-order chi connectivity index (χ1) is 8.66. The van der Waals surface area contributed by atoms with Gasteiger partial charge in [-0.15, -0.1) is 0 Å². The monoisotopic (exact) mass is 248 g/mol. The van der Waals surface area contributed by atoms with Gasteiger partial charge in [-0.1, -0.05) is 13.0 Å². The molecule has 3 heteroatoms. The molecule has 0 amide bonds. The van der Waals surface area contributed by atoms with E-state index >= 15 is 0 Å². The molecule has 0 bridgehead atoms. The van der Waals surface area contributed by atoms with Crippen molar-refractivity contribution in [3.8, 4) is 0 Å². The van der Waals surface area contributed by atoms with Crippen molar-refractivity contribution in [3.63, 3.8) is 0 Å². The highest BCUT2D eigenvalue weighted by Gasteiger charge is 2.38. The topological polar surface area (TPSA) is 36.4 Å². The molecule has 1 aliphatic rings. The fourth-order valence-corrected chi connectivity index (χ4v) is 2.86. The number of aromatic nitrogens is 1. The lowest BCUT2D eigenvalue weighted by Crippen LogP contribution is -2.53. The third-order valence-corrected chi connectivity index (χ3v) is 4.41. The number of likely N-dealkylation sites (tertiary alicyclic amines) is 1. The van der Waals surface area contributed by atoms with Crippen LogP contribution in [0.1, 0.15) is 38.7 Å². The first-order valence-electron chi connectivity index (χ1n) is 6.99. The first kappa shape index (κ1) is 13.5. The Morgan fingerprint density at radius 2 is 2.17 bits per heavy atom. The molecule has 2 heterocycles. The van der Waals surface area contributed by atoms with Crippen LogP contribution in [0.3, 0.4) is 0 Å². The summed E-state index contributed by atoms with van der Waals surface area (Å²) in [5.41, 5.74) is 1.01. The van der Waals surface area contributed by atoms with E-state index in [-0.39, 0.29) is 11.6 Å². The summed E-state index contributed by atoms with van der Waals surface area (Å²) in [6.45, 7) is 6.60. The molecule has 3 nitrogen and oxygen atoms in total. The van der Waals surface area contributed by atoms with E-state index in [9.17, 15) is 5.11 Å². The Hall–Kier alpha value is -0.930. The standard InChI is InChI=1S/C15H24N2O/c1-3-15(2,17-9-4-5-10-17)14(18)11-13-7-6-8-16-12-13/h6-8,12,14,18H,3-5,9-11H2,1-2H3. The maximum Gasteiger partial charge on any atom is 0.0761 e. The number of hydrogen-bond donors (Lipinski definition) is 1. The van der Waals surface area contributed by atoms with Gasteiger partial charge in [0.15, 0.2) is 0 Å². The Kier molecular flexibility index (Phi) is 4.36. The van der Waals surface area contributed by atoms with Gasteiger partial charge in [0.1, 0.15) is 0 Å². The van der Waals surface area contributed by atoms with Crippen molar-refractivity contribution in [2.45, 2.75) is 51.2 Å². The van der Waals surface area contributed by atoms with Crippen molar-refractivity contribution < 1.29 is 5.11 Å². The number of aliphatic hydroxyl groups excluding tert-OH is 1. The van der Waals surface area contributed by atoms with Gasteiger partial charge in [-0.2, -0.15) is 0 Å². The minimum absolute atomic E-state index is 0.105. The summed E-state index contributed by atoms with van der Waals surface area (Å²) in [5, 5.41) is 10.6. The smallest absolute Gasteiger partial charge is 0.0761 e. The van der Waals surface area contributed by atoms with Gasteiger partial charge in [-0.3, -0.25) is 9.88 Å². The van der Waals surface area contributed by atoms with Crippen molar-refractivity contribution in [1.82, 2.24) is 9.88 Å². The third kappa shape index (κ3) is 2.73. The van der Waals surface area contributed by atoms with Crippen LogP contribution in [0.25, 0.3) is 0 Å². The zero-order valence-electron chi connectivity index (χ0n) is 11.5. The van der Waals surface area contributed by atoms with Crippen molar-refractivity contribution in [2.24, 2.45) is 0 Å². The maximum atomic E-state index is 10.6. The molecule has 2 rings (SSSR count). The Labute approximate surface area is 110 Å². The highest BCUT2D eigenvalue weighted by molar-refractivity contribution is 5.12. The zero-order valence-corrected chi connectivity index (χ0v) is 11.5. The normalized spacial score (nSPS) is 21.7. The molecule has 2 atom stereocenters. The Morgan fingerprint density at radius 1 is 1.44 bits per heavy atom. The minimum atomic E-state index is -0.329. The molecule has 1 N–H and O–H groups in total. The van der Waals surface area contributed by atoms with Crippen LogP contribution in [0.2, 0.25) is 0 Å². The molecule has 1 fully saturated rings. The predicted molar refractivity (Wildman–Crippen MR) is 73.5 cm³/mol. The van der Waals surface area contributed by atoms with Crippen LogP contribution in [0.15, 0.2) is 24.5 Å². The molecule has 0 radical (unpaired) electrons. The molecule has 1 aromatic rings. The summed E-state index contributed by atoms with van der Waals surface area (Å²) >= 11 is 0. The van der Waals surface area contributed by atoms with E-state index in [4.69, 9.17) is 0 Å². The van der Waals surface area contributed by atoms with Crippen LogP contribution in [-0.4, -0.2) is 39.7 Å². The lowest BCUT2D eigenvalue weighted by Gasteiger charge is -2.42. The van der Waals surface area contributed by atoms with E-state index in [2.05, 4.69) is 23.7 Å². The van der Waals surface area contributed by atoms with Gasteiger partial charge < -0.3 is 5.11 Å². The van der Waals surface area contributed by atoms with Crippen molar-refractivity contribution >= 4 is 0 Å². The summed E-state index contributed by atoms with van der Waals surface area (Å²) in [6.07, 6.45) is 7.48. The molecule has 0 spiro atoms. The van der Waals surface area contributed by atoms with Crippen molar-refractivity contribution in [2.75, 3.05) is 13.1 Å². The predicted octanol–water partition coefficient (Wildman–Crippen LogP) is 2.25. The number of nitrogens with zero attached hydrogens (tertiary/aromatic N) is 2. The zero-order chi connectivity index (χ0) is 13.0. The van der Waals surface area contributed by atoms with E-state index < -0.39 is 0 Å². The quantitative estimate of drug-likeness (QED) is 0.868. The molecule has 18 heavy (non-hydrogen) atoms. The Morgan fingerprint density at radius 3 is 2.72 bits per heavy atom. The van der Waals surface area contributed by atoms with Crippen LogP contribution in [0.4, 0.5) is 0 Å². The van der Waals surface area contributed by atoms with Crippen LogP contribution >= 0.6 is 0 Å². The number of rotatable bonds is 5. The average molecular weight is 248 g/mol. The molecular weight excluding hydrogens is 224 g/mol. The third-order valence-electron chi connectivity index (χ3n) is 4.41. The average Bonchev–Trinajstić information content (AvgIpc) is 2.93. The molecule has 2 unspecified atom stereocenters. The highest BCUT2D eigenvalue weighted by Crippen LogP contribution is 2.29. The first-order valence-corrected chi connectivity index (χ1v) is 6.99. The van der Waals surface area contributed by atoms with Crippen LogP contribution < -0.4 is 0 Å². The second-order valence-electron chi connectivity index (χ2n) is 5.49. The van der Waals surface area contributed by atoms with Gasteiger partial charge in [-0.25, -0.2) is 0 Å². The van der Waals surface area contributed by atoms with Gasteiger partial charge in [0.05, 0.1) is 6.10 Å². The molecule has 0 aromatic carbocycles. The molecule has 0 saturated carbocycles. The molecule has 1 saturated heterocycles. The van der Waals surface area contributed by atoms with Crippen LogP contribution in [0, 0.1) is 0 Å². The van der Waals surface area contributed by atoms with E-state index in [0.29, 0.717) is 6.42 Å². The SMILES string of the molecule is CCC(C)(C(O)Cc1cccnc1)N1CCCC1. The second kappa shape index (κ2) is 5.81. The molecular formula is C15H24N2O. The Balaban J connectivity index is 2.07. The Bertz CT molecular complexity index is 362. The molecule has 0 aliphatic carbocycles. The summed E-state index contributed by atoms with van der Waals surface area (Å²) < 4.78 is 0. The number of aliphatic hydroxyl groups is 1. The summed E-state index contributed by atoms with van der Waals surface area (Å²) in [4.78, 5) is 6.57. The summed E-state index contributed by atoms with van der Waals surface area (Å²) in [7, 11) is 0. The van der Waals surface area contributed by atoms with Gasteiger partial charge in [0.2, 0.25) is 0 Å². The minimum Gasteiger partial charge on any atom is -0.391 e. The summed E-state index contributed by atoms with van der Waals surface area (Å²) in [6, 6.07) is 3.97. The van der Waals surface area contributed by atoms with Gasteiger partial charge in [-0.05, 0) is 50.9 Å². The molecule has 1 aliphatic heterocycles. The van der Waals surface area contributed by atoms with Gasteiger partial charge >= 0.3 is 0 Å². The van der Waals surface area contributed by atoms with Crippen LogP contribution in [0.5, 0.6) is 0 Å². The molecule has 100 valence electrons.